The van der Waals surface area contributed by atoms with Gasteiger partial charge in [-0.3, -0.25) is 0 Å². The summed E-state index contributed by atoms with van der Waals surface area (Å²) in [7, 11) is 0. The van der Waals surface area contributed by atoms with Gasteiger partial charge in [0.15, 0.2) is 0 Å². The van der Waals surface area contributed by atoms with Crippen LogP contribution in [0.4, 0.5) is 8.78 Å². The molecule has 1 atom stereocenters. The second kappa shape index (κ2) is 7.94. The van der Waals surface area contributed by atoms with Crippen LogP contribution in [0, 0.1) is 0 Å². The molecule has 1 aromatic carbocycles. The van der Waals surface area contributed by atoms with Crippen molar-refractivity contribution >= 4 is 0 Å². The lowest BCUT2D eigenvalue weighted by Gasteiger charge is -2.15. The zero-order chi connectivity index (χ0) is 14.3. The van der Waals surface area contributed by atoms with Crippen LogP contribution in [0.25, 0.3) is 0 Å². The van der Waals surface area contributed by atoms with E-state index in [-0.39, 0.29) is 6.04 Å². The van der Waals surface area contributed by atoms with Crippen molar-refractivity contribution in [2.24, 2.45) is 5.73 Å². The number of benzene rings is 1. The van der Waals surface area contributed by atoms with Crippen LogP contribution >= 0.6 is 0 Å². The van der Waals surface area contributed by atoms with Crippen molar-refractivity contribution in [3.05, 3.63) is 23.8 Å². The average molecular weight is 273 g/mol. The zero-order valence-corrected chi connectivity index (χ0v) is 11.4. The van der Waals surface area contributed by atoms with Gasteiger partial charge in [-0.05, 0) is 31.4 Å². The number of hydrogen-bond donors (Lipinski definition) is 1. The maximum Gasteiger partial charge on any atom is 0.272 e. The van der Waals surface area contributed by atoms with E-state index in [4.69, 9.17) is 15.2 Å². The first kappa shape index (κ1) is 15.7. The number of hydrogen-bond acceptors (Lipinski definition) is 3. The van der Waals surface area contributed by atoms with Crippen molar-refractivity contribution in [2.45, 2.75) is 39.2 Å². The van der Waals surface area contributed by atoms with Gasteiger partial charge in [-0.2, -0.15) is 0 Å². The number of ether oxygens (including phenoxy) is 2. The highest BCUT2D eigenvalue weighted by Crippen LogP contribution is 2.26. The lowest BCUT2D eigenvalue weighted by atomic mass is 10.1. The Morgan fingerprint density at radius 1 is 1.26 bits per heavy atom. The summed E-state index contributed by atoms with van der Waals surface area (Å²) in [5.41, 5.74) is 6.55. The third-order valence-corrected chi connectivity index (χ3v) is 2.42. The van der Waals surface area contributed by atoms with Gasteiger partial charge in [0, 0.05) is 12.1 Å². The molecule has 0 saturated heterocycles. The predicted molar refractivity (Wildman–Crippen MR) is 71.1 cm³/mol. The summed E-state index contributed by atoms with van der Waals surface area (Å²) >= 11 is 0. The Balaban J connectivity index is 2.83. The summed E-state index contributed by atoms with van der Waals surface area (Å²) in [6, 6.07) is 5.21. The van der Waals surface area contributed by atoms with Crippen LogP contribution in [-0.2, 0) is 6.42 Å². The van der Waals surface area contributed by atoms with E-state index in [1.165, 1.54) is 0 Å². The Hall–Kier alpha value is -1.36. The smallest absolute Gasteiger partial charge is 0.272 e. The quantitative estimate of drug-likeness (QED) is 0.792. The minimum Gasteiger partial charge on any atom is -0.493 e. The van der Waals surface area contributed by atoms with Crippen molar-refractivity contribution in [1.29, 1.82) is 0 Å². The second-order valence-corrected chi connectivity index (χ2v) is 4.50. The minimum atomic E-state index is -2.50. The monoisotopic (exact) mass is 273 g/mol. The zero-order valence-electron chi connectivity index (χ0n) is 11.4. The molecule has 0 saturated carbocycles. The normalized spacial score (nSPS) is 12.5. The van der Waals surface area contributed by atoms with Crippen LogP contribution in [0.1, 0.15) is 25.8 Å². The molecule has 0 heterocycles. The number of rotatable bonds is 8. The van der Waals surface area contributed by atoms with E-state index in [9.17, 15) is 8.78 Å². The fourth-order valence-electron chi connectivity index (χ4n) is 1.65. The molecule has 5 heteroatoms. The van der Waals surface area contributed by atoms with E-state index in [0.717, 1.165) is 12.0 Å². The summed E-state index contributed by atoms with van der Waals surface area (Å²) in [4.78, 5) is 0. The minimum absolute atomic E-state index is 0.0590. The van der Waals surface area contributed by atoms with Gasteiger partial charge in [0.25, 0.3) is 6.43 Å². The molecule has 0 aliphatic carbocycles. The largest absolute Gasteiger partial charge is 0.493 e. The fraction of sp³-hybridized carbons (Fsp3) is 0.571. The molecule has 108 valence electrons. The molecule has 1 unspecified atom stereocenters. The van der Waals surface area contributed by atoms with Gasteiger partial charge in [0.05, 0.1) is 6.61 Å². The Morgan fingerprint density at radius 2 is 2.00 bits per heavy atom. The summed E-state index contributed by atoms with van der Waals surface area (Å²) in [6.07, 6.45) is -1.04. The van der Waals surface area contributed by atoms with Crippen molar-refractivity contribution < 1.29 is 18.3 Å². The molecule has 19 heavy (non-hydrogen) atoms. The molecule has 0 fully saturated rings. The Labute approximate surface area is 112 Å². The van der Waals surface area contributed by atoms with Crippen LogP contribution in [0.15, 0.2) is 18.2 Å². The van der Waals surface area contributed by atoms with Crippen LogP contribution in [-0.4, -0.2) is 25.7 Å². The van der Waals surface area contributed by atoms with Crippen molar-refractivity contribution in [3.8, 4) is 11.5 Å². The molecule has 0 radical (unpaired) electrons. The first-order valence-electron chi connectivity index (χ1n) is 6.45. The second-order valence-electron chi connectivity index (χ2n) is 4.50. The molecular formula is C14H21F2NO2. The van der Waals surface area contributed by atoms with Crippen molar-refractivity contribution in [2.75, 3.05) is 13.2 Å². The van der Waals surface area contributed by atoms with Gasteiger partial charge in [-0.15, -0.1) is 0 Å². The van der Waals surface area contributed by atoms with E-state index < -0.39 is 13.0 Å². The maximum absolute atomic E-state index is 12.2. The topological polar surface area (TPSA) is 44.5 Å². The first-order chi connectivity index (χ1) is 9.02. The molecule has 0 bridgehead atoms. The average Bonchev–Trinajstić information content (AvgIpc) is 2.35. The van der Waals surface area contributed by atoms with Crippen LogP contribution in [0.3, 0.4) is 0 Å². The number of alkyl halides is 2. The van der Waals surface area contributed by atoms with E-state index >= 15 is 0 Å². The molecule has 1 aromatic rings. The molecular weight excluding hydrogens is 252 g/mol. The summed E-state index contributed by atoms with van der Waals surface area (Å²) in [6.45, 7) is 3.82. The van der Waals surface area contributed by atoms with Gasteiger partial charge in [-0.25, -0.2) is 8.78 Å². The summed E-state index contributed by atoms with van der Waals surface area (Å²) in [5, 5.41) is 0. The Kier molecular flexibility index (Phi) is 6.56. The van der Waals surface area contributed by atoms with Crippen LogP contribution in [0.2, 0.25) is 0 Å². The van der Waals surface area contributed by atoms with E-state index in [1.807, 2.05) is 26.0 Å². The maximum atomic E-state index is 12.2. The third-order valence-electron chi connectivity index (χ3n) is 2.42. The van der Waals surface area contributed by atoms with Gasteiger partial charge >= 0.3 is 0 Å². The highest BCUT2D eigenvalue weighted by Gasteiger charge is 2.11. The Bertz CT molecular complexity index is 384. The standard InChI is InChI=1S/C14H21F2NO2/c1-3-6-18-12-5-4-11(7-10(2)17)13(8-12)19-9-14(15)16/h4-5,8,10,14H,3,6-7,9,17H2,1-2H3. The van der Waals surface area contributed by atoms with E-state index in [2.05, 4.69) is 0 Å². The van der Waals surface area contributed by atoms with Crippen molar-refractivity contribution in [1.82, 2.24) is 0 Å². The van der Waals surface area contributed by atoms with E-state index in [1.54, 1.807) is 6.07 Å². The van der Waals surface area contributed by atoms with Crippen LogP contribution < -0.4 is 15.2 Å². The van der Waals surface area contributed by atoms with Crippen LogP contribution in [0.5, 0.6) is 11.5 Å². The molecule has 0 amide bonds. The first-order valence-corrected chi connectivity index (χ1v) is 6.45. The molecule has 2 N–H and O–H groups in total. The molecule has 0 aliphatic rings. The fourth-order valence-corrected chi connectivity index (χ4v) is 1.65. The van der Waals surface area contributed by atoms with Gasteiger partial charge in [-0.1, -0.05) is 13.0 Å². The highest BCUT2D eigenvalue weighted by atomic mass is 19.3. The van der Waals surface area contributed by atoms with E-state index in [0.29, 0.717) is 24.5 Å². The van der Waals surface area contributed by atoms with Crippen molar-refractivity contribution in [3.63, 3.8) is 0 Å². The number of nitrogens with two attached hydrogens (primary N) is 1. The molecule has 1 rings (SSSR count). The number of halogens is 2. The molecule has 0 aromatic heterocycles. The lowest BCUT2D eigenvalue weighted by Crippen LogP contribution is -2.19. The summed E-state index contributed by atoms with van der Waals surface area (Å²) in [5.74, 6) is 1.05. The molecule has 0 spiro atoms. The SMILES string of the molecule is CCCOc1ccc(CC(C)N)c(OCC(F)F)c1. The van der Waals surface area contributed by atoms with Gasteiger partial charge in [0.1, 0.15) is 18.1 Å². The van der Waals surface area contributed by atoms with Gasteiger partial charge < -0.3 is 15.2 Å². The Morgan fingerprint density at radius 3 is 2.58 bits per heavy atom. The third kappa shape index (κ3) is 5.87. The van der Waals surface area contributed by atoms with Gasteiger partial charge in [0.2, 0.25) is 0 Å². The summed E-state index contributed by atoms with van der Waals surface area (Å²) < 4.78 is 35.1. The predicted octanol–water partition coefficient (Wildman–Crippen LogP) is 3.01. The lowest BCUT2D eigenvalue weighted by molar-refractivity contribution is 0.0812. The molecule has 0 aliphatic heterocycles. The highest BCUT2D eigenvalue weighted by molar-refractivity contribution is 5.41. The molecule has 3 nitrogen and oxygen atoms in total.